The minimum absolute atomic E-state index is 0.232. The van der Waals surface area contributed by atoms with Crippen LogP contribution in [0.15, 0.2) is 0 Å². The number of amides is 1. The fourth-order valence-corrected chi connectivity index (χ4v) is 3.44. The molecule has 0 aromatic carbocycles. The Bertz CT molecular complexity index is 323. The first-order chi connectivity index (χ1) is 9.16. The molecule has 0 aromatic heterocycles. The lowest BCUT2D eigenvalue weighted by atomic mass is 9.86. The van der Waals surface area contributed by atoms with Crippen molar-refractivity contribution >= 4 is 11.9 Å². The minimum Gasteiger partial charge on any atom is -0.481 e. The van der Waals surface area contributed by atoms with Crippen LogP contribution in [0, 0.1) is 11.8 Å². The van der Waals surface area contributed by atoms with Crippen molar-refractivity contribution in [1.82, 2.24) is 4.90 Å². The van der Waals surface area contributed by atoms with Crippen molar-refractivity contribution in [2.24, 2.45) is 11.8 Å². The molecule has 0 spiro atoms. The Hall–Kier alpha value is -1.06. The van der Waals surface area contributed by atoms with Crippen LogP contribution in [0.4, 0.5) is 0 Å². The summed E-state index contributed by atoms with van der Waals surface area (Å²) in [4.78, 5) is 25.1. The topological polar surface area (TPSA) is 57.6 Å². The average Bonchev–Trinajstić information content (AvgIpc) is 2.45. The van der Waals surface area contributed by atoms with Gasteiger partial charge >= 0.3 is 5.97 Å². The van der Waals surface area contributed by atoms with E-state index in [1.54, 1.807) is 0 Å². The highest BCUT2D eigenvalue weighted by Gasteiger charge is 2.29. The molecule has 2 fully saturated rings. The maximum absolute atomic E-state index is 12.4. The van der Waals surface area contributed by atoms with Crippen LogP contribution < -0.4 is 0 Å². The molecular weight excluding hydrogens is 242 g/mol. The zero-order valence-corrected chi connectivity index (χ0v) is 11.6. The first-order valence-corrected chi connectivity index (χ1v) is 7.67. The summed E-state index contributed by atoms with van der Waals surface area (Å²) < 4.78 is 0. The third kappa shape index (κ3) is 4.22. The Morgan fingerprint density at radius 3 is 2.47 bits per heavy atom. The Labute approximate surface area is 115 Å². The number of aliphatic carboxylic acids is 1. The highest BCUT2D eigenvalue weighted by atomic mass is 16.4. The molecule has 1 N–H and O–H groups in total. The van der Waals surface area contributed by atoms with Gasteiger partial charge in [-0.25, -0.2) is 0 Å². The molecule has 1 aliphatic heterocycles. The van der Waals surface area contributed by atoms with Gasteiger partial charge in [-0.2, -0.15) is 0 Å². The third-order valence-electron chi connectivity index (χ3n) is 4.55. The molecule has 4 heteroatoms. The van der Waals surface area contributed by atoms with Gasteiger partial charge in [0.15, 0.2) is 0 Å². The van der Waals surface area contributed by atoms with Crippen LogP contribution in [0.5, 0.6) is 0 Å². The number of carbonyl (C=O) groups is 2. The standard InChI is InChI=1S/C15H25NO3/c17-14(18)9-8-12-5-4-10-16(11-12)15(19)13-6-2-1-3-7-13/h12-13H,1-11H2,(H,17,18). The van der Waals surface area contributed by atoms with Crippen LogP contribution in [0.25, 0.3) is 0 Å². The quantitative estimate of drug-likeness (QED) is 0.852. The molecule has 1 heterocycles. The maximum Gasteiger partial charge on any atom is 0.303 e. The van der Waals surface area contributed by atoms with E-state index in [1.807, 2.05) is 4.90 Å². The predicted octanol–water partition coefficient (Wildman–Crippen LogP) is 2.67. The van der Waals surface area contributed by atoms with Crippen LogP contribution in [0.3, 0.4) is 0 Å². The first kappa shape index (κ1) is 14.4. The molecule has 108 valence electrons. The van der Waals surface area contributed by atoms with E-state index in [9.17, 15) is 9.59 Å². The van der Waals surface area contributed by atoms with Gasteiger partial charge in [0.25, 0.3) is 0 Å². The monoisotopic (exact) mass is 267 g/mol. The van der Waals surface area contributed by atoms with Crippen molar-refractivity contribution < 1.29 is 14.7 Å². The van der Waals surface area contributed by atoms with Gasteiger partial charge in [0.1, 0.15) is 0 Å². The number of rotatable bonds is 4. The Balaban J connectivity index is 1.82. The van der Waals surface area contributed by atoms with E-state index < -0.39 is 5.97 Å². The SMILES string of the molecule is O=C(O)CCC1CCCN(C(=O)C2CCCCC2)C1. The molecule has 0 bridgehead atoms. The summed E-state index contributed by atoms with van der Waals surface area (Å²) in [5.41, 5.74) is 0. The van der Waals surface area contributed by atoms with Crippen LogP contribution >= 0.6 is 0 Å². The molecule has 1 saturated heterocycles. The van der Waals surface area contributed by atoms with Crippen LogP contribution in [0.2, 0.25) is 0 Å². The molecule has 1 aliphatic carbocycles. The van der Waals surface area contributed by atoms with Crippen molar-refractivity contribution in [2.75, 3.05) is 13.1 Å². The van der Waals surface area contributed by atoms with E-state index in [-0.39, 0.29) is 12.3 Å². The van der Waals surface area contributed by atoms with E-state index in [0.29, 0.717) is 18.2 Å². The second kappa shape index (κ2) is 6.92. The lowest BCUT2D eigenvalue weighted by Gasteiger charge is -2.35. The summed E-state index contributed by atoms with van der Waals surface area (Å²) in [6, 6.07) is 0. The zero-order valence-electron chi connectivity index (χ0n) is 11.6. The molecule has 19 heavy (non-hydrogen) atoms. The van der Waals surface area contributed by atoms with E-state index in [2.05, 4.69) is 0 Å². The van der Waals surface area contributed by atoms with Crippen molar-refractivity contribution in [2.45, 2.75) is 57.8 Å². The summed E-state index contributed by atoms with van der Waals surface area (Å²) in [7, 11) is 0. The van der Waals surface area contributed by atoms with Gasteiger partial charge in [0.05, 0.1) is 0 Å². The molecule has 2 aliphatic rings. The lowest BCUT2D eigenvalue weighted by molar-refractivity contribution is -0.138. The van der Waals surface area contributed by atoms with Crippen molar-refractivity contribution in [3.63, 3.8) is 0 Å². The van der Waals surface area contributed by atoms with E-state index >= 15 is 0 Å². The highest BCUT2D eigenvalue weighted by Crippen LogP contribution is 2.28. The average molecular weight is 267 g/mol. The number of hydrogen-bond donors (Lipinski definition) is 1. The Morgan fingerprint density at radius 2 is 1.79 bits per heavy atom. The predicted molar refractivity (Wildman–Crippen MR) is 72.7 cm³/mol. The van der Waals surface area contributed by atoms with E-state index in [0.717, 1.165) is 38.8 Å². The molecule has 1 saturated carbocycles. The fourth-order valence-electron chi connectivity index (χ4n) is 3.44. The van der Waals surface area contributed by atoms with Gasteiger partial charge in [-0.05, 0) is 38.0 Å². The summed E-state index contributed by atoms with van der Waals surface area (Å²) in [5.74, 6) is 0.236. The number of hydrogen-bond acceptors (Lipinski definition) is 2. The first-order valence-electron chi connectivity index (χ1n) is 7.67. The van der Waals surface area contributed by atoms with Gasteiger partial charge in [-0.15, -0.1) is 0 Å². The molecule has 1 atom stereocenters. The molecule has 0 radical (unpaired) electrons. The molecular formula is C15H25NO3. The van der Waals surface area contributed by atoms with Crippen molar-refractivity contribution in [1.29, 1.82) is 0 Å². The van der Waals surface area contributed by atoms with Gasteiger partial charge in [-0.1, -0.05) is 19.3 Å². The fraction of sp³-hybridized carbons (Fsp3) is 0.867. The third-order valence-corrected chi connectivity index (χ3v) is 4.55. The van der Waals surface area contributed by atoms with Crippen LogP contribution in [-0.4, -0.2) is 35.0 Å². The van der Waals surface area contributed by atoms with Gasteiger partial charge in [-0.3, -0.25) is 9.59 Å². The maximum atomic E-state index is 12.4. The second-order valence-electron chi connectivity index (χ2n) is 6.06. The Morgan fingerprint density at radius 1 is 1.05 bits per heavy atom. The Kier molecular flexibility index (Phi) is 5.23. The molecule has 1 amide bonds. The number of carbonyl (C=O) groups excluding carboxylic acids is 1. The number of piperidine rings is 1. The number of nitrogens with zero attached hydrogens (tertiary/aromatic N) is 1. The minimum atomic E-state index is -0.726. The second-order valence-corrected chi connectivity index (χ2v) is 6.06. The number of likely N-dealkylation sites (tertiary alicyclic amines) is 1. The molecule has 0 aromatic rings. The van der Waals surface area contributed by atoms with Gasteiger partial charge in [0, 0.05) is 25.4 Å². The van der Waals surface area contributed by atoms with Gasteiger partial charge in [0.2, 0.25) is 5.91 Å². The summed E-state index contributed by atoms with van der Waals surface area (Å²) >= 11 is 0. The van der Waals surface area contributed by atoms with Crippen LogP contribution in [-0.2, 0) is 9.59 Å². The van der Waals surface area contributed by atoms with Crippen molar-refractivity contribution in [3.8, 4) is 0 Å². The zero-order chi connectivity index (χ0) is 13.7. The lowest BCUT2D eigenvalue weighted by Crippen LogP contribution is -2.43. The summed E-state index contributed by atoms with van der Waals surface area (Å²) in [6.07, 6.45) is 8.79. The van der Waals surface area contributed by atoms with Gasteiger partial charge < -0.3 is 10.0 Å². The molecule has 1 unspecified atom stereocenters. The molecule has 2 rings (SSSR count). The number of carboxylic acid groups (broad SMARTS) is 1. The highest BCUT2D eigenvalue weighted by molar-refractivity contribution is 5.79. The molecule has 4 nitrogen and oxygen atoms in total. The normalized spacial score (nSPS) is 25.3. The summed E-state index contributed by atoms with van der Waals surface area (Å²) in [6.45, 7) is 1.65. The van der Waals surface area contributed by atoms with E-state index in [1.165, 1.54) is 19.3 Å². The van der Waals surface area contributed by atoms with Crippen LogP contribution in [0.1, 0.15) is 57.8 Å². The van der Waals surface area contributed by atoms with Crippen molar-refractivity contribution in [3.05, 3.63) is 0 Å². The largest absolute Gasteiger partial charge is 0.481 e. The number of carboxylic acids is 1. The van der Waals surface area contributed by atoms with E-state index in [4.69, 9.17) is 5.11 Å². The smallest absolute Gasteiger partial charge is 0.303 e. The summed E-state index contributed by atoms with van der Waals surface area (Å²) in [5, 5.41) is 8.74.